The number of hydrogen-bond donors (Lipinski definition) is 0. The van der Waals surface area contributed by atoms with Crippen molar-refractivity contribution >= 4 is 17.7 Å². The van der Waals surface area contributed by atoms with Gasteiger partial charge in [-0.15, -0.1) is 0 Å². The van der Waals surface area contributed by atoms with Gasteiger partial charge in [-0.3, -0.25) is 14.9 Å². The molecular formula is C17H14N2O4. The molecule has 0 N–H and O–H groups in total. The second kappa shape index (κ2) is 6.39. The van der Waals surface area contributed by atoms with E-state index in [4.69, 9.17) is 4.84 Å². The Balaban J connectivity index is 1.66. The highest BCUT2D eigenvalue weighted by molar-refractivity contribution is 6.01. The van der Waals surface area contributed by atoms with Gasteiger partial charge in [0.2, 0.25) is 0 Å². The largest absolute Gasteiger partial charge is 0.391 e. The van der Waals surface area contributed by atoms with E-state index >= 15 is 0 Å². The zero-order chi connectivity index (χ0) is 16.2. The Morgan fingerprint density at radius 1 is 1.26 bits per heavy atom. The fourth-order valence-corrected chi connectivity index (χ4v) is 2.50. The van der Waals surface area contributed by atoms with Gasteiger partial charge in [-0.2, -0.15) is 0 Å². The second-order valence-electron chi connectivity index (χ2n) is 5.34. The monoisotopic (exact) mass is 310 g/mol. The minimum absolute atomic E-state index is 0.0399. The molecule has 6 heteroatoms. The van der Waals surface area contributed by atoms with E-state index in [2.05, 4.69) is 5.16 Å². The fraction of sp³-hybridized carbons (Fsp3) is 0.176. The predicted octanol–water partition coefficient (Wildman–Crippen LogP) is 3.14. The quantitative estimate of drug-likeness (QED) is 0.482. The van der Waals surface area contributed by atoms with Gasteiger partial charge in [0.05, 0.1) is 10.6 Å². The molecule has 2 aromatic carbocycles. The van der Waals surface area contributed by atoms with Crippen molar-refractivity contribution in [2.24, 2.45) is 5.16 Å². The van der Waals surface area contributed by atoms with Crippen molar-refractivity contribution in [1.82, 2.24) is 0 Å². The van der Waals surface area contributed by atoms with Crippen molar-refractivity contribution in [3.05, 3.63) is 75.3 Å². The van der Waals surface area contributed by atoms with E-state index < -0.39 is 4.92 Å². The number of nitrogens with zero attached hydrogens (tertiary/aromatic N) is 2. The van der Waals surface area contributed by atoms with Crippen LogP contribution in [0.3, 0.4) is 0 Å². The Hall–Kier alpha value is -3.02. The standard InChI is InChI=1S/C17H14N2O4/c20-11-13-6-4-12(5-7-13)8-16-10-17(18-23-16)14-2-1-3-15(9-14)19(21)22/h1-7,9,11,16H,8,10H2. The van der Waals surface area contributed by atoms with Crippen molar-refractivity contribution in [2.75, 3.05) is 0 Å². The summed E-state index contributed by atoms with van der Waals surface area (Å²) >= 11 is 0. The van der Waals surface area contributed by atoms with Crippen molar-refractivity contribution < 1.29 is 14.6 Å². The summed E-state index contributed by atoms with van der Waals surface area (Å²) in [6.45, 7) is 0. The summed E-state index contributed by atoms with van der Waals surface area (Å²) < 4.78 is 0. The number of aldehydes is 1. The lowest BCUT2D eigenvalue weighted by molar-refractivity contribution is -0.384. The highest BCUT2D eigenvalue weighted by Crippen LogP contribution is 2.22. The molecule has 3 rings (SSSR count). The maximum Gasteiger partial charge on any atom is 0.270 e. The second-order valence-corrected chi connectivity index (χ2v) is 5.34. The first kappa shape index (κ1) is 14.9. The van der Waals surface area contributed by atoms with Crippen LogP contribution in [0.1, 0.15) is 27.9 Å². The van der Waals surface area contributed by atoms with Crippen LogP contribution in [-0.2, 0) is 11.3 Å². The number of oxime groups is 1. The van der Waals surface area contributed by atoms with Gasteiger partial charge in [0.15, 0.2) is 0 Å². The lowest BCUT2D eigenvalue weighted by atomic mass is 9.99. The normalized spacial score (nSPS) is 16.5. The summed E-state index contributed by atoms with van der Waals surface area (Å²) in [4.78, 5) is 26.5. The third-order valence-electron chi connectivity index (χ3n) is 3.70. The van der Waals surface area contributed by atoms with Gasteiger partial charge in [-0.1, -0.05) is 41.6 Å². The van der Waals surface area contributed by atoms with Crippen LogP contribution in [-0.4, -0.2) is 23.0 Å². The minimum Gasteiger partial charge on any atom is -0.391 e. The Bertz CT molecular complexity index is 768. The molecule has 1 aliphatic rings. The van der Waals surface area contributed by atoms with Crippen LogP contribution in [0.15, 0.2) is 53.7 Å². The molecule has 1 heterocycles. The number of non-ortho nitro benzene ring substituents is 1. The molecule has 0 bridgehead atoms. The highest BCUT2D eigenvalue weighted by Gasteiger charge is 2.23. The number of nitro groups is 1. The van der Waals surface area contributed by atoms with Crippen LogP contribution in [0, 0.1) is 10.1 Å². The molecule has 0 fully saturated rings. The molecule has 2 aromatic rings. The smallest absolute Gasteiger partial charge is 0.270 e. The first-order valence-electron chi connectivity index (χ1n) is 7.17. The first-order valence-corrected chi connectivity index (χ1v) is 7.17. The Labute approximate surface area is 132 Å². The van der Waals surface area contributed by atoms with Gasteiger partial charge in [0, 0.05) is 36.1 Å². The maximum atomic E-state index is 10.8. The first-order chi connectivity index (χ1) is 11.2. The average molecular weight is 310 g/mol. The summed E-state index contributed by atoms with van der Waals surface area (Å²) in [7, 11) is 0. The summed E-state index contributed by atoms with van der Waals surface area (Å²) in [5.74, 6) is 0. The van der Waals surface area contributed by atoms with Crippen LogP contribution in [0.25, 0.3) is 0 Å². The molecule has 116 valence electrons. The Kier molecular flexibility index (Phi) is 4.14. The Morgan fingerprint density at radius 2 is 2.04 bits per heavy atom. The summed E-state index contributed by atoms with van der Waals surface area (Å²) in [6, 6.07) is 13.7. The van der Waals surface area contributed by atoms with Gasteiger partial charge in [-0.25, -0.2) is 0 Å². The Morgan fingerprint density at radius 3 is 2.74 bits per heavy atom. The van der Waals surface area contributed by atoms with E-state index in [0.29, 0.717) is 29.7 Å². The number of rotatable bonds is 5. The van der Waals surface area contributed by atoms with Gasteiger partial charge < -0.3 is 4.84 Å². The molecule has 1 atom stereocenters. The molecular weight excluding hydrogens is 296 g/mol. The third-order valence-corrected chi connectivity index (χ3v) is 3.70. The van der Waals surface area contributed by atoms with Crippen LogP contribution in [0.2, 0.25) is 0 Å². The highest BCUT2D eigenvalue weighted by atomic mass is 16.6. The van der Waals surface area contributed by atoms with Gasteiger partial charge in [0.25, 0.3) is 5.69 Å². The van der Waals surface area contributed by atoms with E-state index in [1.54, 1.807) is 24.3 Å². The molecule has 0 aromatic heterocycles. The zero-order valence-electron chi connectivity index (χ0n) is 12.2. The lowest BCUT2D eigenvalue weighted by Crippen LogP contribution is -2.12. The summed E-state index contributed by atoms with van der Waals surface area (Å²) in [6.07, 6.45) is 1.96. The number of carbonyl (C=O) groups excluding carboxylic acids is 1. The van der Waals surface area contributed by atoms with E-state index in [1.165, 1.54) is 12.1 Å². The zero-order valence-corrected chi connectivity index (χ0v) is 12.2. The molecule has 6 nitrogen and oxygen atoms in total. The number of benzene rings is 2. The van der Waals surface area contributed by atoms with Crippen molar-refractivity contribution in [2.45, 2.75) is 18.9 Å². The van der Waals surface area contributed by atoms with E-state index in [1.807, 2.05) is 12.1 Å². The average Bonchev–Trinajstić information content (AvgIpc) is 3.04. The molecule has 0 saturated heterocycles. The van der Waals surface area contributed by atoms with Crippen LogP contribution in [0.4, 0.5) is 5.69 Å². The predicted molar refractivity (Wildman–Crippen MR) is 84.7 cm³/mol. The minimum atomic E-state index is -0.425. The molecule has 0 aliphatic carbocycles. The van der Waals surface area contributed by atoms with Gasteiger partial charge in [0.1, 0.15) is 12.4 Å². The molecule has 0 saturated carbocycles. The van der Waals surface area contributed by atoms with Crippen LogP contribution < -0.4 is 0 Å². The maximum absolute atomic E-state index is 10.8. The van der Waals surface area contributed by atoms with Gasteiger partial charge in [-0.05, 0) is 5.56 Å². The van der Waals surface area contributed by atoms with Crippen molar-refractivity contribution in [1.29, 1.82) is 0 Å². The molecule has 0 amide bonds. The van der Waals surface area contributed by atoms with Gasteiger partial charge >= 0.3 is 0 Å². The molecule has 0 radical (unpaired) electrons. The number of hydrogen-bond acceptors (Lipinski definition) is 5. The van der Waals surface area contributed by atoms with E-state index in [-0.39, 0.29) is 11.8 Å². The summed E-state index contributed by atoms with van der Waals surface area (Å²) in [5.41, 5.74) is 3.14. The van der Waals surface area contributed by atoms with E-state index in [9.17, 15) is 14.9 Å². The molecule has 1 unspecified atom stereocenters. The third kappa shape index (κ3) is 3.42. The van der Waals surface area contributed by atoms with Crippen LogP contribution >= 0.6 is 0 Å². The summed E-state index contributed by atoms with van der Waals surface area (Å²) in [5, 5.41) is 14.9. The molecule has 0 spiro atoms. The fourth-order valence-electron chi connectivity index (χ4n) is 2.50. The van der Waals surface area contributed by atoms with Crippen molar-refractivity contribution in [3.63, 3.8) is 0 Å². The SMILES string of the molecule is O=Cc1ccc(CC2CC(c3cccc([N+](=O)[O-])c3)=NO2)cc1. The number of nitro benzene ring substituents is 1. The van der Waals surface area contributed by atoms with E-state index in [0.717, 1.165) is 11.8 Å². The molecule has 23 heavy (non-hydrogen) atoms. The molecule has 1 aliphatic heterocycles. The van der Waals surface area contributed by atoms with Crippen molar-refractivity contribution in [3.8, 4) is 0 Å². The number of carbonyl (C=O) groups is 1. The lowest BCUT2D eigenvalue weighted by Gasteiger charge is -2.08. The topological polar surface area (TPSA) is 81.8 Å². The van der Waals surface area contributed by atoms with Crippen LogP contribution in [0.5, 0.6) is 0 Å².